The van der Waals surface area contributed by atoms with E-state index in [1.54, 1.807) is 0 Å². The fourth-order valence-electron chi connectivity index (χ4n) is 0.680. The number of hydrogen-bond acceptors (Lipinski definition) is 0. The molecule has 0 atom stereocenters. The van der Waals surface area contributed by atoms with Gasteiger partial charge in [0.2, 0.25) is 0 Å². The van der Waals surface area contributed by atoms with Gasteiger partial charge in [0, 0.05) is 0 Å². The molecule has 0 unspecified atom stereocenters. The number of allylic oxidation sites excluding steroid dienone is 8. The minimum absolute atomic E-state index is 0. The summed E-state index contributed by atoms with van der Waals surface area (Å²) in [6.07, 6.45) is 22.7. The first-order valence-electron chi connectivity index (χ1n) is 3.70. The molecule has 0 aromatic carbocycles. The quantitative estimate of drug-likeness (QED) is 0.467. The van der Waals surface area contributed by atoms with Crippen LogP contribution in [-0.4, -0.2) is 0 Å². The van der Waals surface area contributed by atoms with Crippen molar-refractivity contribution >= 4 is 11.6 Å². The SMILES string of the molecule is [C-]1=CC=CC1.[C-]1=CC=CC1.[CH2-]Cl.[Nb+3]. The Hall–Kier alpha value is -0.00974. The van der Waals surface area contributed by atoms with Crippen molar-refractivity contribution in [3.05, 3.63) is 55.0 Å². The first kappa shape index (κ1) is 15.5. The molecule has 0 aromatic heterocycles. The number of hydrogen-bond donors (Lipinski definition) is 0. The van der Waals surface area contributed by atoms with Crippen LogP contribution in [0, 0.1) is 18.5 Å². The van der Waals surface area contributed by atoms with Crippen LogP contribution in [0.1, 0.15) is 12.8 Å². The molecule has 68 valence electrons. The Morgan fingerprint density at radius 1 is 0.923 bits per heavy atom. The predicted octanol–water partition coefficient (Wildman–Crippen LogP) is 3.63. The van der Waals surface area contributed by atoms with Gasteiger partial charge in [-0.2, -0.15) is 12.2 Å². The second kappa shape index (κ2) is 14.5. The Bertz CT molecular complexity index is 148. The molecule has 0 radical (unpaired) electrons. The molecule has 2 aliphatic carbocycles. The minimum atomic E-state index is 0. The molecule has 0 saturated heterocycles. The van der Waals surface area contributed by atoms with Gasteiger partial charge in [0.25, 0.3) is 0 Å². The summed E-state index contributed by atoms with van der Waals surface area (Å²) in [5.74, 6) is 0. The fourth-order valence-corrected chi connectivity index (χ4v) is 0.680. The molecule has 2 aliphatic rings. The Morgan fingerprint density at radius 3 is 1.38 bits per heavy atom. The van der Waals surface area contributed by atoms with Gasteiger partial charge < -0.3 is 11.6 Å². The molecule has 0 bridgehead atoms. The molecule has 2 rings (SSSR count). The summed E-state index contributed by atoms with van der Waals surface area (Å²) in [5.41, 5.74) is 0. The van der Waals surface area contributed by atoms with Crippen LogP contribution in [0.25, 0.3) is 0 Å². The Balaban J connectivity index is 0. The second-order valence-corrected chi connectivity index (χ2v) is 2.01. The fraction of sp³-hybridized carbons (Fsp3) is 0.182. The molecule has 0 fully saturated rings. The zero-order chi connectivity index (χ0) is 9.07. The van der Waals surface area contributed by atoms with Crippen LogP contribution in [-0.2, 0) is 22.4 Å². The summed E-state index contributed by atoms with van der Waals surface area (Å²) in [6, 6.07) is 0. The standard InChI is InChI=1S/2C5H5.CH2Cl.Nb/c2*1-2-4-5-3-1;1-2;/h2*1-3H,4H2;1H2;/q3*-1;+3. The molecule has 0 N–H and O–H groups in total. The van der Waals surface area contributed by atoms with E-state index < -0.39 is 0 Å². The maximum atomic E-state index is 4.39. The maximum Gasteiger partial charge on any atom is 3.00 e. The van der Waals surface area contributed by atoms with Crippen LogP contribution >= 0.6 is 11.6 Å². The molecule has 0 spiro atoms. The van der Waals surface area contributed by atoms with E-state index in [-0.39, 0.29) is 22.4 Å². The van der Waals surface area contributed by atoms with E-state index in [0.29, 0.717) is 0 Å². The number of rotatable bonds is 0. The van der Waals surface area contributed by atoms with Gasteiger partial charge in [-0.3, -0.25) is 18.5 Å². The van der Waals surface area contributed by atoms with Crippen molar-refractivity contribution in [1.29, 1.82) is 0 Å². The van der Waals surface area contributed by atoms with Crippen LogP contribution in [0.3, 0.4) is 0 Å². The van der Waals surface area contributed by atoms with E-state index in [0.717, 1.165) is 12.8 Å². The Morgan fingerprint density at radius 2 is 1.31 bits per heavy atom. The molecule has 0 heterocycles. The summed E-state index contributed by atoms with van der Waals surface area (Å²) in [4.78, 5) is 0. The minimum Gasteiger partial charge on any atom is -0.352 e. The summed E-state index contributed by atoms with van der Waals surface area (Å²) in [7, 11) is 0. The molecule has 0 amide bonds. The van der Waals surface area contributed by atoms with Gasteiger partial charge in [-0.1, -0.05) is 0 Å². The Labute approximate surface area is 102 Å². The summed E-state index contributed by atoms with van der Waals surface area (Å²) < 4.78 is 0. The van der Waals surface area contributed by atoms with Gasteiger partial charge in [-0.25, -0.2) is 24.3 Å². The normalized spacial score (nSPS) is 14.0. The maximum absolute atomic E-state index is 4.39. The van der Waals surface area contributed by atoms with Crippen LogP contribution in [0.15, 0.2) is 36.5 Å². The van der Waals surface area contributed by atoms with E-state index in [1.165, 1.54) is 0 Å². The number of halogens is 1. The van der Waals surface area contributed by atoms with Gasteiger partial charge in [0.05, 0.1) is 0 Å². The van der Waals surface area contributed by atoms with Crippen molar-refractivity contribution in [2.45, 2.75) is 12.8 Å². The molecule has 13 heavy (non-hydrogen) atoms. The van der Waals surface area contributed by atoms with E-state index in [2.05, 4.69) is 42.3 Å². The van der Waals surface area contributed by atoms with Crippen molar-refractivity contribution in [1.82, 2.24) is 0 Å². The van der Waals surface area contributed by atoms with Gasteiger partial charge >= 0.3 is 22.4 Å². The van der Waals surface area contributed by atoms with Crippen LogP contribution in [0.4, 0.5) is 0 Å². The summed E-state index contributed by atoms with van der Waals surface area (Å²) in [6.45, 7) is 0. The monoisotopic (exact) mass is 272 g/mol. The molecule has 2 heteroatoms. The third-order valence-corrected chi connectivity index (χ3v) is 1.17. The average Bonchev–Trinajstić information content (AvgIpc) is 2.87. The van der Waals surface area contributed by atoms with Gasteiger partial charge in [0.1, 0.15) is 0 Å². The molecule has 0 aromatic rings. The smallest absolute Gasteiger partial charge is 0.352 e. The largest absolute Gasteiger partial charge is 3.00 e. The second-order valence-electron chi connectivity index (χ2n) is 2.01. The third kappa shape index (κ3) is 12.0. The van der Waals surface area contributed by atoms with E-state index in [4.69, 9.17) is 0 Å². The molecular weight excluding hydrogens is 260 g/mol. The topological polar surface area (TPSA) is 0 Å². The molecule has 0 nitrogen and oxygen atoms in total. The van der Waals surface area contributed by atoms with Crippen molar-refractivity contribution in [3.8, 4) is 0 Å². The van der Waals surface area contributed by atoms with Crippen molar-refractivity contribution in [2.75, 3.05) is 0 Å². The molecular formula is C11H12ClNb. The first-order valence-corrected chi connectivity index (χ1v) is 4.24. The van der Waals surface area contributed by atoms with Crippen molar-refractivity contribution < 1.29 is 22.4 Å². The van der Waals surface area contributed by atoms with Crippen LogP contribution < -0.4 is 0 Å². The van der Waals surface area contributed by atoms with Crippen molar-refractivity contribution in [2.24, 2.45) is 0 Å². The third-order valence-electron chi connectivity index (χ3n) is 1.17. The zero-order valence-electron chi connectivity index (χ0n) is 7.41. The predicted molar refractivity (Wildman–Crippen MR) is 54.4 cm³/mol. The van der Waals surface area contributed by atoms with E-state index in [1.807, 2.05) is 24.3 Å². The average molecular weight is 273 g/mol. The Kier molecular flexibility index (Phi) is 17.3. The summed E-state index contributed by atoms with van der Waals surface area (Å²) >= 11 is 4.39. The van der Waals surface area contributed by atoms with Crippen molar-refractivity contribution in [3.63, 3.8) is 0 Å². The van der Waals surface area contributed by atoms with Gasteiger partial charge in [-0.05, 0) is 0 Å². The first-order chi connectivity index (χ1) is 6.00. The summed E-state index contributed by atoms with van der Waals surface area (Å²) in [5, 5.41) is 0. The van der Waals surface area contributed by atoms with E-state index >= 15 is 0 Å². The van der Waals surface area contributed by atoms with Crippen LogP contribution in [0.2, 0.25) is 0 Å². The molecule has 0 aliphatic heterocycles. The zero-order valence-corrected chi connectivity index (χ0v) is 10.4. The van der Waals surface area contributed by atoms with Gasteiger partial charge in [0.15, 0.2) is 0 Å². The van der Waals surface area contributed by atoms with Gasteiger partial charge in [-0.15, -0.1) is 12.8 Å². The molecule has 0 saturated carbocycles. The van der Waals surface area contributed by atoms with E-state index in [9.17, 15) is 0 Å². The van der Waals surface area contributed by atoms with Crippen LogP contribution in [0.5, 0.6) is 0 Å².